The average molecular weight is 444 g/mol. The second kappa shape index (κ2) is 8.84. The molecule has 2 aromatic heterocycles. The van der Waals surface area contributed by atoms with Crippen molar-refractivity contribution in [3.63, 3.8) is 0 Å². The molecule has 0 spiro atoms. The number of hydrogen-bond donors (Lipinski definition) is 2. The smallest absolute Gasteiger partial charge is 0.246 e. The molecule has 3 aromatic rings. The van der Waals surface area contributed by atoms with Crippen LogP contribution in [0.5, 0.6) is 0 Å². The lowest BCUT2D eigenvalue weighted by Crippen LogP contribution is -2.36. The quantitative estimate of drug-likeness (QED) is 0.586. The summed E-state index contributed by atoms with van der Waals surface area (Å²) in [6, 6.07) is 8.06. The third kappa shape index (κ3) is 4.38. The monoisotopic (exact) mass is 443 g/mol. The van der Waals surface area contributed by atoms with Gasteiger partial charge in [0, 0.05) is 36.7 Å². The summed E-state index contributed by atoms with van der Waals surface area (Å²) in [5.74, 6) is -0.188. The predicted molar refractivity (Wildman–Crippen MR) is 119 cm³/mol. The minimum atomic E-state index is -3.59. The van der Waals surface area contributed by atoms with Gasteiger partial charge in [-0.3, -0.25) is 9.48 Å². The predicted octanol–water partition coefficient (Wildman–Crippen LogP) is 2.51. The van der Waals surface area contributed by atoms with Crippen molar-refractivity contribution in [2.45, 2.75) is 51.0 Å². The highest BCUT2D eigenvalue weighted by Crippen LogP contribution is 2.26. The van der Waals surface area contributed by atoms with E-state index in [1.807, 2.05) is 24.4 Å². The van der Waals surface area contributed by atoms with Crippen molar-refractivity contribution in [3.8, 4) is 0 Å². The van der Waals surface area contributed by atoms with Crippen LogP contribution >= 0.6 is 0 Å². The Hall–Kier alpha value is -2.65. The van der Waals surface area contributed by atoms with E-state index in [2.05, 4.69) is 21.5 Å². The number of hydrogen-bond acceptors (Lipinski definition) is 4. The summed E-state index contributed by atoms with van der Waals surface area (Å²) in [5, 5.41) is 8.43. The Labute approximate surface area is 182 Å². The zero-order valence-corrected chi connectivity index (χ0v) is 18.8. The van der Waals surface area contributed by atoms with Crippen LogP contribution in [0, 0.1) is 13.8 Å². The molecule has 2 N–H and O–H groups in total. The van der Waals surface area contributed by atoms with Crippen molar-refractivity contribution in [1.82, 2.24) is 24.4 Å². The number of rotatable bonds is 7. The standard InChI is InChI=1S/C22H29N5O3S/c1-16-22(31(29,30)26-12-6-3-7-13-26)17(2)27(25-16)15-21(28)23-11-10-18-14-24-20-9-5-4-8-19(18)20/h4-5,8-9,14,24H,3,6-7,10-13,15H2,1-2H3,(H,23,28). The molecule has 9 heteroatoms. The molecule has 1 amide bonds. The van der Waals surface area contributed by atoms with E-state index in [-0.39, 0.29) is 17.3 Å². The Morgan fingerprint density at radius 3 is 2.68 bits per heavy atom. The fraction of sp³-hybridized carbons (Fsp3) is 0.455. The number of aromatic nitrogens is 3. The number of para-hydroxylation sites is 1. The molecular formula is C22H29N5O3S. The van der Waals surface area contributed by atoms with E-state index in [0.29, 0.717) is 37.4 Å². The van der Waals surface area contributed by atoms with Crippen molar-refractivity contribution in [2.75, 3.05) is 19.6 Å². The first-order chi connectivity index (χ1) is 14.9. The summed E-state index contributed by atoms with van der Waals surface area (Å²) in [6.45, 7) is 4.99. The molecule has 8 nitrogen and oxygen atoms in total. The molecule has 1 saturated heterocycles. The van der Waals surface area contributed by atoms with Crippen LogP contribution < -0.4 is 5.32 Å². The van der Waals surface area contributed by atoms with Crippen LogP contribution in [0.15, 0.2) is 35.4 Å². The summed E-state index contributed by atoms with van der Waals surface area (Å²) >= 11 is 0. The van der Waals surface area contributed by atoms with Gasteiger partial charge in [0.1, 0.15) is 11.4 Å². The van der Waals surface area contributed by atoms with Crippen LogP contribution in [0.3, 0.4) is 0 Å². The molecule has 31 heavy (non-hydrogen) atoms. The van der Waals surface area contributed by atoms with Gasteiger partial charge in [0.15, 0.2) is 0 Å². The molecule has 0 radical (unpaired) electrons. The maximum absolute atomic E-state index is 13.1. The summed E-state index contributed by atoms with van der Waals surface area (Å²) in [5.41, 5.74) is 3.18. The molecule has 1 aliphatic heterocycles. The Bertz CT molecular complexity index is 1190. The minimum Gasteiger partial charge on any atom is -0.361 e. The third-order valence-corrected chi connectivity index (χ3v) is 8.06. The van der Waals surface area contributed by atoms with Crippen molar-refractivity contribution in [2.24, 2.45) is 0 Å². The van der Waals surface area contributed by atoms with Crippen LogP contribution in [-0.4, -0.2) is 53.0 Å². The van der Waals surface area contributed by atoms with Gasteiger partial charge in [-0.25, -0.2) is 8.42 Å². The lowest BCUT2D eigenvalue weighted by atomic mass is 10.1. The van der Waals surface area contributed by atoms with Crippen molar-refractivity contribution >= 4 is 26.8 Å². The van der Waals surface area contributed by atoms with Crippen LogP contribution in [0.25, 0.3) is 10.9 Å². The molecule has 0 aliphatic carbocycles. The van der Waals surface area contributed by atoms with Crippen LogP contribution in [0.4, 0.5) is 0 Å². The van der Waals surface area contributed by atoms with Gasteiger partial charge in [0.25, 0.3) is 0 Å². The zero-order valence-electron chi connectivity index (χ0n) is 18.0. The average Bonchev–Trinajstić information content (AvgIpc) is 3.29. The molecule has 0 saturated carbocycles. The maximum atomic E-state index is 13.1. The van der Waals surface area contributed by atoms with E-state index < -0.39 is 10.0 Å². The van der Waals surface area contributed by atoms with E-state index >= 15 is 0 Å². The lowest BCUT2D eigenvalue weighted by molar-refractivity contribution is -0.121. The molecule has 0 bridgehead atoms. The molecular weight excluding hydrogens is 414 g/mol. The van der Waals surface area contributed by atoms with E-state index in [9.17, 15) is 13.2 Å². The highest BCUT2D eigenvalue weighted by Gasteiger charge is 2.31. The van der Waals surface area contributed by atoms with E-state index in [1.54, 1.807) is 18.2 Å². The third-order valence-electron chi connectivity index (χ3n) is 5.91. The number of carbonyl (C=O) groups is 1. The Balaban J connectivity index is 1.40. The maximum Gasteiger partial charge on any atom is 0.246 e. The van der Waals surface area contributed by atoms with Gasteiger partial charge in [-0.15, -0.1) is 0 Å². The van der Waals surface area contributed by atoms with Gasteiger partial charge < -0.3 is 10.3 Å². The molecule has 0 atom stereocenters. The number of piperidine rings is 1. The number of amides is 1. The Kier molecular flexibility index (Phi) is 6.15. The van der Waals surface area contributed by atoms with Gasteiger partial charge >= 0.3 is 0 Å². The van der Waals surface area contributed by atoms with Gasteiger partial charge in [-0.05, 0) is 44.7 Å². The van der Waals surface area contributed by atoms with E-state index in [1.165, 1.54) is 4.68 Å². The molecule has 4 rings (SSSR count). The number of nitrogens with one attached hydrogen (secondary N) is 2. The van der Waals surface area contributed by atoms with Gasteiger partial charge in [0.2, 0.25) is 15.9 Å². The highest BCUT2D eigenvalue weighted by atomic mass is 32.2. The van der Waals surface area contributed by atoms with E-state index in [4.69, 9.17) is 0 Å². The second-order valence-corrected chi connectivity index (χ2v) is 9.96. The molecule has 1 aromatic carbocycles. The largest absolute Gasteiger partial charge is 0.361 e. The molecule has 166 valence electrons. The number of fused-ring (bicyclic) bond motifs is 1. The summed E-state index contributed by atoms with van der Waals surface area (Å²) in [7, 11) is -3.59. The van der Waals surface area contributed by atoms with Gasteiger partial charge in [-0.1, -0.05) is 24.6 Å². The number of nitrogens with zero attached hydrogens (tertiary/aromatic N) is 3. The first-order valence-corrected chi connectivity index (χ1v) is 12.2. The number of H-pyrrole nitrogens is 1. The number of benzene rings is 1. The van der Waals surface area contributed by atoms with Crippen molar-refractivity contribution in [3.05, 3.63) is 47.4 Å². The summed E-state index contributed by atoms with van der Waals surface area (Å²) < 4.78 is 29.2. The Morgan fingerprint density at radius 1 is 1.16 bits per heavy atom. The number of sulfonamides is 1. The number of aryl methyl sites for hydroxylation is 1. The van der Waals surface area contributed by atoms with E-state index in [0.717, 1.165) is 35.7 Å². The van der Waals surface area contributed by atoms with Crippen LogP contribution in [-0.2, 0) is 27.8 Å². The Morgan fingerprint density at radius 2 is 1.90 bits per heavy atom. The lowest BCUT2D eigenvalue weighted by Gasteiger charge is -2.25. The molecule has 1 aliphatic rings. The first kappa shape index (κ1) is 21.6. The molecule has 3 heterocycles. The normalized spacial score (nSPS) is 15.4. The minimum absolute atomic E-state index is 0.00389. The van der Waals surface area contributed by atoms with Crippen molar-refractivity contribution in [1.29, 1.82) is 0 Å². The van der Waals surface area contributed by atoms with Crippen molar-refractivity contribution < 1.29 is 13.2 Å². The highest BCUT2D eigenvalue weighted by molar-refractivity contribution is 7.89. The van der Waals surface area contributed by atoms with Crippen LogP contribution in [0.2, 0.25) is 0 Å². The van der Waals surface area contributed by atoms with Gasteiger partial charge in [0.05, 0.1) is 11.4 Å². The molecule has 1 fully saturated rings. The first-order valence-electron chi connectivity index (χ1n) is 10.7. The fourth-order valence-electron chi connectivity index (χ4n) is 4.31. The molecule has 0 unspecified atom stereocenters. The fourth-order valence-corrected chi connectivity index (χ4v) is 6.20. The topological polar surface area (TPSA) is 100 Å². The SMILES string of the molecule is Cc1nn(CC(=O)NCCc2c[nH]c3ccccc23)c(C)c1S(=O)(=O)N1CCCCC1. The summed E-state index contributed by atoms with van der Waals surface area (Å²) in [4.78, 5) is 16.0. The zero-order chi connectivity index (χ0) is 22.0. The van der Waals surface area contributed by atoms with Gasteiger partial charge in [-0.2, -0.15) is 9.40 Å². The summed E-state index contributed by atoms with van der Waals surface area (Å²) in [6.07, 6.45) is 5.49. The second-order valence-electron chi connectivity index (χ2n) is 8.08. The number of aromatic amines is 1. The van der Waals surface area contributed by atoms with Crippen LogP contribution in [0.1, 0.15) is 36.2 Å². The number of carbonyl (C=O) groups excluding carboxylic acids is 1.